The Morgan fingerprint density at radius 2 is 1.86 bits per heavy atom. The molecule has 1 rings (SSSR count). The summed E-state index contributed by atoms with van der Waals surface area (Å²) >= 11 is 5.25. The molecule has 0 heterocycles. The largest absolute Gasteiger partial charge is 0.323 e. The van der Waals surface area contributed by atoms with E-state index in [2.05, 4.69) is 0 Å². The first kappa shape index (κ1) is 10.7. The minimum atomic E-state index is -0.749. The number of carbonyl (C=O) groups is 2. The quantitative estimate of drug-likeness (QED) is 0.557. The zero-order valence-electron chi connectivity index (χ0n) is 7.74. The van der Waals surface area contributed by atoms with Gasteiger partial charge in [0.1, 0.15) is 0 Å². The molecular formula is C10H10ClNO2. The second-order valence-electron chi connectivity index (χ2n) is 2.67. The molecule has 0 unspecified atom stereocenters. The van der Waals surface area contributed by atoms with Crippen molar-refractivity contribution < 1.29 is 9.59 Å². The Balaban J connectivity index is 2.89. The summed E-state index contributed by atoms with van der Waals surface area (Å²) < 4.78 is 0. The van der Waals surface area contributed by atoms with Crippen LogP contribution in [0.2, 0.25) is 0 Å². The summed E-state index contributed by atoms with van der Waals surface area (Å²) in [4.78, 5) is 23.5. The molecule has 74 valence electrons. The lowest BCUT2D eigenvalue weighted by atomic mass is 10.2. The third-order valence-corrected chi connectivity index (χ3v) is 2.00. The van der Waals surface area contributed by atoms with Crippen LogP contribution >= 0.6 is 11.6 Å². The van der Waals surface area contributed by atoms with E-state index in [0.29, 0.717) is 5.56 Å². The molecule has 0 aromatic heterocycles. The fourth-order valence-electron chi connectivity index (χ4n) is 1.08. The number of halogens is 1. The van der Waals surface area contributed by atoms with Gasteiger partial charge in [-0.15, -0.1) is 0 Å². The van der Waals surface area contributed by atoms with Gasteiger partial charge in [0.05, 0.1) is 0 Å². The van der Waals surface area contributed by atoms with Crippen molar-refractivity contribution in [2.45, 2.75) is 6.92 Å². The maximum absolute atomic E-state index is 11.6. The lowest BCUT2D eigenvalue weighted by Gasteiger charge is -2.14. The molecule has 0 atom stereocenters. The minimum Gasteiger partial charge on any atom is -0.269 e. The molecule has 1 aromatic rings. The first-order valence-electron chi connectivity index (χ1n) is 4.23. The van der Waals surface area contributed by atoms with E-state index in [1.165, 1.54) is 0 Å². The van der Waals surface area contributed by atoms with Crippen LogP contribution in [0.5, 0.6) is 0 Å². The van der Waals surface area contributed by atoms with Gasteiger partial charge in [-0.05, 0) is 30.7 Å². The summed E-state index contributed by atoms with van der Waals surface area (Å²) in [5.74, 6) is -0.367. The Morgan fingerprint density at radius 3 is 2.29 bits per heavy atom. The SMILES string of the molecule is CCN(C(=O)Cl)C(=O)c1ccccc1. The van der Waals surface area contributed by atoms with Crippen molar-refractivity contribution in [1.29, 1.82) is 0 Å². The number of hydrogen-bond donors (Lipinski definition) is 0. The normalized spacial score (nSPS) is 9.57. The lowest BCUT2D eigenvalue weighted by molar-refractivity contribution is 0.0826. The van der Waals surface area contributed by atoms with Gasteiger partial charge in [-0.1, -0.05) is 18.2 Å². The van der Waals surface area contributed by atoms with Crippen LogP contribution in [-0.2, 0) is 0 Å². The number of nitrogens with zero attached hydrogens (tertiary/aromatic N) is 1. The Hall–Kier alpha value is -1.35. The van der Waals surface area contributed by atoms with Crippen molar-refractivity contribution in [2.24, 2.45) is 0 Å². The second kappa shape index (κ2) is 4.77. The number of hydrogen-bond acceptors (Lipinski definition) is 2. The monoisotopic (exact) mass is 211 g/mol. The van der Waals surface area contributed by atoms with Crippen LogP contribution in [0.15, 0.2) is 30.3 Å². The fourth-order valence-corrected chi connectivity index (χ4v) is 1.28. The highest BCUT2D eigenvalue weighted by Gasteiger charge is 2.18. The van der Waals surface area contributed by atoms with E-state index in [0.717, 1.165) is 4.90 Å². The molecule has 14 heavy (non-hydrogen) atoms. The van der Waals surface area contributed by atoms with Crippen molar-refractivity contribution in [1.82, 2.24) is 4.90 Å². The lowest BCUT2D eigenvalue weighted by Crippen LogP contribution is -2.32. The van der Waals surface area contributed by atoms with Crippen LogP contribution in [0, 0.1) is 0 Å². The Morgan fingerprint density at radius 1 is 1.29 bits per heavy atom. The predicted molar refractivity (Wildman–Crippen MR) is 54.4 cm³/mol. The zero-order valence-corrected chi connectivity index (χ0v) is 8.49. The average molecular weight is 212 g/mol. The molecule has 4 heteroatoms. The highest BCUT2D eigenvalue weighted by Crippen LogP contribution is 2.06. The second-order valence-corrected chi connectivity index (χ2v) is 2.99. The summed E-state index contributed by atoms with van der Waals surface area (Å²) in [7, 11) is 0. The van der Waals surface area contributed by atoms with Crippen LogP contribution in [0.4, 0.5) is 4.79 Å². The summed E-state index contributed by atoms with van der Waals surface area (Å²) in [6.07, 6.45) is 0. The van der Waals surface area contributed by atoms with Gasteiger partial charge < -0.3 is 0 Å². The standard InChI is InChI=1S/C10H10ClNO2/c1-2-12(10(11)14)9(13)8-6-4-3-5-7-8/h3-7H,2H2,1H3. The van der Waals surface area contributed by atoms with Gasteiger partial charge in [0.15, 0.2) is 0 Å². The van der Waals surface area contributed by atoms with Gasteiger partial charge in [0, 0.05) is 12.1 Å². The summed E-state index contributed by atoms with van der Waals surface area (Å²) in [5, 5.41) is -0.749. The van der Waals surface area contributed by atoms with Crippen molar-refractivity contribution in [2.75, 3.05) is 6.54 Å². The van der Waals surface area contributed by atoms with Gasteiger partial charge in [0.2, 0.25) is 0 Å². The number of imide groups is 1. The van der Waals surface area contributed by atoms with Gasteiger partial charge in [0.25, 0.3) is 5.91 Å². The average Bonchev–Trinajstić information content (AvgIpc) is 2.19. The van der Waals surface area contributed by atoms with Crippen molar-refractivity contribution in [3.63, 3.8) is 0 Å². The molecule has 0 N–H and O–H groups in total. The number of amides is 2. The van der Waals surface area contributed by atoms with Gasteiger partial charge >= 0.3 is 5.37 Å². The van der Waals surface area contributed by atoms with Crippen molar-refractivity contribution in [3.8, 4) is 0 Å². The molecule has 0 spiro atoms. The molecule has 0 saturated heterocycles. The maximum atomic E-state index is 11.6. The Labute approximate surface area is 87.3 Å². The number of benzene rings is 1. The molecule has 0 fully saturated rings. The predicted octanol–water partition coefficient (Wildman–Crippen LogP) is 2.51. The van der Waals surface area contributed by atoms with E-state index in [-0.39, 0.29) is 12.5 Å². The van der Waals surface area contributed by atoms with Crippen molar-refractivity contribution in [3.05, 3.63) is 35.9 Å². The Bertz CT molecular complexity index is 337. The number of carbonyl (C=O) groups excluding carboxylic acids is 2. The smallest absolute Gasteiger partial charge is 0.269 e. The van der Waals surface area contributed by atoms with Gasteiger partial charge in [-0.25, -0.2) is 0 Å². The van der Waals surface area contributed by atoms with Crippen molar-refractivity contribution >= 4 is 22.9 Å². The van der Waals surface area contributed by atoms with Crippen LogP contribution in [-0.4, -0.2) is 22.7 Å². The molecule has 0 saturated carbocycles. The van der Waals surface area contributed by atoms with Crippen LogP contribution in [0.25, 0.3) is 0 Å². The molecule has 1 aromatic carbocycles. The molecular weight excluding hydrogens is 202 g/mol. The van der Waals surface area contributed by atoms with E-state index in [4.69, 9.17) is 11.6 Å². The minimum absolute atomic E-state index is 0.274. The molecule has 0 bridgehead atoms. The van der Waals surface area contributed by atoms with Gasteiger partial charge in [-0.2, -0.15) is 0 Å². The molecule has 2 amide bonds. The first-order chi connectivity index (χ1) is 6.66. The summed E-state index contributed by atoms with van der Waals surface area (Å²) in [6, 6.07) is 8.56. The summed E-state index contributed by atoms with van der Waals surface area (Å²) in [5.41, 5.74) is 0.461. The van der Waals surface area contributed by atoms with E-state index in [1.807, 2.05) is 0 Å². The zero-order chi connectivity index (χ0) is 10.6. The highest BCUT2D eigenvalue weighted by molar-refractivity contribution is 6.64. The first-order valence-corrected chi connectivity index (χ1v) is 4.61. The molecule has 0 aliphatic heterocycles. The van der Waals surface area contributed by atoms with E-state index < -0.39 is 5.37 Å². The topological polar surface area (TPSA) is 37.4 Å². The van der Waals surface area contributed by atoms with Crippen LogP contribution < -0.4 is 0 Å². The Kier molecular flexibility index (Phi) is 3.65. The molecule has 0 aliphatic rings. The van der Waals surface area contributed by atoms with E-state index in [9.17, 15) is 9.59 Å². The molecule has 0 aliphatic carbocycles. The number of rotatable bonds is 2. The van der Waals surface area contributed by atoms with Gasteiger partial charge in [-0.3, -0.25) is 14.5 Å². The molecule has 0 radical (unpaired) electrons. The maximum Gasteiger partial charge on any atom is 0.323 e. The fraction of sp³-hybridized carbons (Fsp3) is 0.200. The van der Waals surface area contributed by atoms with Crippen LogP contribution in [0.1, 0.15) is 17.3 Å². The van der Waals surface area contributed by atoms with E-state index >= 15 is 0 Å². The third-order valence-electron chi connectivity index (χ3n) is 1.79. The highest BCUT2D eigenvalue weighted by atomic mass is 35.5. The summed E-state index contributed by atoms with van der Waals surface area (Å²) in [6.45, 7) is 1.97. The van der Waals surface area contributed by atoms with Crippen LogP contribution in [0.3, 0.4) is 0 Å². The molecule has 3 nitrogen and oxygen atoms in total. The third kappa shape index (κ3) is 2.33. The van der Waals surface area contributed by atoms with E-state index in [1.54, 1.807) is 37.3 Å².